The first-order valence-electron chi connectivity index (χ1n) is 8.28. The fourth-order valence-corrected chi connectivity index (χ4v) is 2.42. The van der Waals surface area contributed by atoms with Crippen molar-refractivity contribution >= 4 is 41.0 Å². The Hall–Kier alpha value is -2.86. The maximum atomic E-state index is 11.8. The molecule has 2 N–H and O–H groups in total. The van der Waals surface area contributed by atoms with Crippen LogP contribution in [0.2, 0.25) is 5.02 Å². The highest BCUT2D eigenvalue weighted by atomic mass is 35.5. The van der Waals surface area contributed by atoms with Gasteiger partial charge in [-0.05, 0) is 55.8 Å². The van der Waals surface area contributed by atoms with Gasteiger partial charge in [0.2, 0.25) is 0 Å². The van der Waals surface area contributed by atoms with Crippen molar-refractivity contribution in [2.24, 2.45) is 5.10 Å². The molecule has 2 aromatic carbocycles. The third-order valence-electron chi connectivity index (χ3n) is 3.71. The Morgan fingerprint density at radius 2 is 1.62 bits per heavy atom. The van der Waals surface area contributed by atoms with Crippen molar-refractivity contribution in [2.75, 3.05) is 23.3 Å². The van der Waals surface area contributed by atoms with Crippen molar-refractivity contribution in [3.05, 3.63) is 59.1 Å². The third-order valence-corrected chi connectivity index (χ3v) is 3.96. The van der Waals surface area contributed by atoms with Crippen LogP contribution in [0.4, 0.5) is 11.4 Å². The van der Waals surface area contributed by atoms with Gasteiger partial charge in [-0.3, -0.25) is 9.59 Å². The number of amides is 2. The van der Waals surface area contributed by atoms with Crippen LogP contribution in [0.3, 0.4) is 0 Å². The summed E-state index contributed by atoms with van der Waals surface area (Å²) in [7, 11) is 0. The van der Waals surface area contributed by atoms with Crippen LogP contribution in [0.5, 0.6) is 0 Å². The lowest BCUT2D eigenvalue weighted by Gasteiger charge is -2.20. The van der Waals surface area contributed by atoms with Gasteiger partial charge >= 0.3 is 11.8 Å². The van der Waals surface area contributed by atoms with E-state index in [1.807, 2.05) is 24.3 Å². The molecule has 26 heavy (non-hydrogen) atoms. The second-order valence-corrected chi connectivity index (χ2v) is 5.86. The second-order valence-electron chi connectivity index (χ2n) is 5.42. The number of nitrogens with zero attached hydrogens (tertiary/aromatic N) is 2. The van der Waals surface area contributed by atoms with Gasteiger partial charge in [0.1, 0.15) is 0 Å². The van der Waals surface area contributed by atoms with Crippen LogP contribution in [0.1, 0.15) is 19.4 Å². The van der Waals surface area contributed by atoms with Crippen LogP contribution in [0, 0.1) is 0 Å². The van der Waals surface area contributed by atoms with E-state index < -0.39 is 11.8 Å². The Labute approximate surface area is 157 Å². The average Bonchev–Trinajstić information content (AvgIpc) is 2.65. The number of carbonyl (C=O) groups excluding carboxylic acids is 2. The van der Waals surface area contributed by atoms with Crippen LogP contribution in [-0.2, 0) is 9.59 Å². The van der Waals surface area contributed by atoms with E-state index in [1.54, 1.807) is 24.3 Å². The molecule has 0 aliphatic rings. The molecule has 0 saturated heterocycles. The van der Waals surface area contributed by atoms with Gasteiger partial charge in [0, 0.05) is 29.5 Å². The summed E-state index contributed by atoms with van der Waals surface area (Å²) in [5, 5.41) is 6.82. The maximum Gasteiger partial charge on any atom is 0.329 e. The summed E-state index contributed by atoms with van der Waals surface area (Å²) in [4.78, 5) is 25.8. The van der Waals surface area contributed by atoms with E-state index in [-0.39, 0.29) is 0 Å². The van der Waals surface area contributed by atoms with E-state index in [0.29, 0.717) is 10.7 Å². The van der Waals surface area contributed by atoms with Crippen LogP contribution in [0.15, 0.2) is 53.6 Å². The molecule has 0 radical (unpaired) electrons. The number of nitrogens with one attached hydrogen (secondary N) is 2. The highest BCUT2D eigenvalue weighted by Gasteiger charge is 2.12. The Kier molecular flexibility index (Phi) is 7.17. The molecule has 0 aliphatic carbocycles. The fraction of sp³-hybridized carbons (Fsp3) is 0.211. The molecule has 2 rings (SSSR count). The molecule has 0 aromatic heterocycles. The van der Waals surface area contributed by atoms with E-state index in [4.69, 9.17) is 11.6 Å². The first-order valence-corrected chi connectivity index (χ1v) is 8.66. The quantitative estimate of drug-likeness (QED) is 0.464. The van der Waals surface area contributed by atoms with Crippen molar-refractivity contribution in [2.45, 2.75) is 13.8 Å². The van der Waals surface area contributed by atoms with Gasteiger partial charge < -0.3 is 10.2 Å². The first kappa shape index (κ1) is 19.5. The summed E-state index contributed by atoms with van der Waals surface area (Å²) in [6.07, 6.45) is 1.49. The number of rotatable bonds is 6. The lowest BCUT2D eigenvalue weighted by molar-refractivity contribution is -0.136. The van der Waals surface area contributed by atoms with Gasteiger partial charge in [0.25, 0.3) is 0 Å². The number of hydrazone groups is 1. The Balaban J connectivity index is 1.87. The van der Waals surface area contributed by atoms with E-state index in [1.165, 1.54) is 6.21 Å². The molecule has 0 bridgehead atoms. The van der Waals surface area contributed by atoms with Gasteiger partial charge in [0.05, 0.1) is 6.21 Å². The van der Waals surface area contributed by atoms with E-state index in [0.717, 1.165) is 24.3 Å². The molecule has 0 unspecified atom stereocenters. The molecule has 0 fully saturated rings. The van der Waals surface area contributed by atoms with E-state index in [9.17, 15) is 9.59 Å². The van der Waals surface area contributed by atoms with Crippen LogP contribution >= 0.6 is 11.6 Å². The summed E-state index contributed by atoms with van der Waals surface area (Å²) >= 11 is 5.77. The van der Waals surface area contributed by atoms with Crippen LogP contribution in [0.25, 0.3) is 0 Å². The number of benzene rings is 2. The van der Waals surface area contributed by atoms with E-state index in [2.05, 4.69) is 34.6 Å². The number of halogens is 1. The molecule has 2 aromatic rings. The molecule has 0 aliphatic heterocycles. The third kappa shape index (κ3) is 5.60. The minimum atomic E-state index is -0.851. The zero-order chi connectivity index (χ0) is 18.9. The molecule has 7 heteroatoms. The highest BCUT2D eigenvalue weighted by molar-refractivity contribution is 6.39. The Bertz CT molecular complexity index is 769. The molecule has 0 atom stereocenters. The highest BCUT2D eigenvalue weighted by Crippen LogP contribution is 2.14. The summed E-state index contributed by atoms with van der Waals surface area (Å²) in [5.41, 5.74) is 4.62. The monoisotopic (exact) mass is 372 g/mol. The van der Waals surface area contributed by atoms with Crippen LogP contribution in [-0.4, -0.2) is 31.1 Å². The van der Waals surface area contributed by atoms with Crippen LogP contribution < -0.4 is 15.6 Å². The molecular formula is C19H21ClN4O2. The number of hydrogen-bond donors (Lipinski definition) is 2. The summed E-state index contributed by atoms with van der Waals surface area (Å²) in [5.74, 6) is -1.66. The molecular weight excluding hydrogens is 352 g/mol. The number of hydrogen-bond acceptors (Lipinski definition) is 4. The SMILES string of the molecule is CCN(CC)c1ccc(/C=N\NC(=O)C(=O)Nc2ccc(Cl)cc2)cc1. The lowest BCUT2D eigenvalue weighted by atomic mass is 10.2. The zero-order valence-electron chi connectivity index (χ0n) is 14.7. The van der Waals surface area contributed by atoms with Crippen molar-refractivity contribution in [3.63, 3.8) is 0 Å². The van der Waals surface area contributed by atoms with Gasteiger partial charge in [-0.2, -0.15) is 5.10 Å². The topological polar surface area (TPSA) is 73.8 Å². The summed E-state index contributed by atoms with van der Waals surface area (Å²) < 4.78 is 0. The summed E-state index contributed by atoms with van der Waals surface area (Å²) in [6.45, 7) is 6.07. The smallest absolute Gasteiger partial charge is 0.329 e. The van der Waals surface area contributed by atoms with Gasteiger partial charge in [-0.25, -0.2) is 5.43 Å². The number of anilines is 2. The maximum absolute atomic E-state index is 11.8. The number of carbonyl (C=O) groups is 2. The molecule has 6 nitrogen and oxygen atoms in total. The van der Waals surface area contributed by atoms with Crippen molar-refractivity contribution in [1.82, 2.24) is 5.43 Å². The molecule has 136 valence electrons. The predicted molar refractivity (Wildman–Crippen MR) is 106 cm³/mol. The Morgan fingerprint density at radius 1 is 1.00 bits per heavy atom. The minimum absolute atomic E-state index is 0.477. The largest absolute Gasteiger partial charge is 0.372 e. The van der Waals surface area contributed by atoms with Gasteiger partial charge in [-0.15, -0.1) is 0 Å². The first-order chi connectivity index (χ1) is 12.5. The van der Waals surface area contributed by atoms with Gasteiger partial charge in [-0.1, -0.05) is 23.7 Å². The van der Waals surface area contributed by atoms with Gasteiger partial charge in [0.15, 0.2) is 0 Å². The molecule has 0 saturated carbocycles. The van der Waals surface area contributed by atoms with E-state index >= 15 is 0 Å². The fourth-order valence-electron chi connectivity index (χ4n) is 2.30. The normalized spacial score (nSPS) is 10.6. The van der Waals surface area contributed by atoms with Crippen molar-refractivity contribution in [1.29, 1.82) is 0 Å². The predicted octanol–water partition coefficient (Wildman–Crippen LogP) is 3.28. The van der Waals surface area contributed by atoms with Crippen molar-refractivity contribution < 1.29 is 9.59 Å². The molecule has 0 spiro atoms. The van der Waals surface area contributed by atoms with Crippen molar-refractivity contribution in [3.8, 4) is 0 Å². The standard InChI is InChI=1S/C19H21ClN4O2/c1-3-24(4-2)17-11-5-14(6-12-17)13-21-23-19(26)18(25)22-16-9-7-15(20)8-10-16/h5-13H,3-4H2,1-2H3,(H,22,25)(H,23,26)/b21-13-. The molecule has 2 amide bonds. The molecule has 0 heterocycles. The minimum Gasteiger partial charge on any atom is -0.372 e. The Morgan fingerprint density at radius 3 is 2.19 bits per heavy atom. The average molecular weight is 373 g/mol. The zero-order valence-corrected chi connectivity index (χ0v) is 15.5. The lowest BCUT2D eigenvalue weighted by Crippen LogP contribution is -2.32. The summed E-state index contributed by atoms with van der Waals surface area (Å²) in [6, 6.07) is 14.2. The second kappa shape index (κ2) is 9.58.